The summed E-state index contributed by atoms with van der Waals surface area (Å²) in [5.41, 5.74) is 4.06. The highest BCUT2D eigenvalue weighted by Gasteiger charge is 2.06. The highest BCUT2D eigenvalue weighted by molar-refractivity contribution is 7.09. The van der Waals surface area contributed by atoms with Gasteiger partial charge in [0.1, 0.15) is 5.01 Å². The second-order valence-electron chi connectivity index (χ2n) is 4.70. The Bertz CT molecular complexity index is 740. The maximum Gasteiger partial charge on any atom is 0.152 e. The van der Waals surface area contributed by atoms with Crippen LogP contribution in [-0.4, -0.2) is 9.97 Å². The van der Waals surface area contributed by atoms with Crippen LogP contribution in [-0.2, 0) is 6.54 Å². The van der Waals surface area contributed by atoms with Crippen LogP contribution in [0.15, 0.2) is 48.0 Å². The van der Waals surface area contributed by atoms with Crippen molar-refractivity contribution in [3.8, 4) is 11.3 Å². The number of hydrogen-bond acceptors (Lipinski definition) is 4. The maximum absolute atomic E-state index is 6.07. The summed E-state index contributed by atoms with van der Waals surface area (Å²) in [6.07, 6.45) is 1.75. The summed E-state index contributed by atoms with van der Waals surface area (Å²) in [4.78, 5) is 8.77. The van der Waals surface area contributed by atoms with Crippen LogP contribution in [0.25, 0.3) is 11.3 Å². The second kappa shape index (κ2) is 6.24. The molecule has 3 rings (SSSR count). The fourth-order valence-corrected chi connectivity index (χ4v) is 2.89. The van der Waals surface area contributed by atoms with E-state index >= 15 is 0 Å². The van der Waals surface area contributed by atoms with Crippen molar-refractivity contribution in [1.82, 2.24) is 9.97 Å². The number of thiazole rings is 1. The molecule has 106 valence electrons. The molecule has 1 aromatic carbocycles. The number of aromatic nitrogens is 2. The molecule has 1 N–H and O–H groups in total. The molecule has 0 amide bonds. The minimum absolute atomic E-state index is 0.487. The molecule has 0 aliphatic rings. The van der Waals surface area contributed by atoms with Gasteiger partial charge in [0.15, 0.2) is 5.15 Å². The van der Waals surface area contributed by atoms with Gasteiger partial charge in [0.2, 0.25) is 0 Å². The number of hydrogen-bond donors (Lipinski definition) is 1. The normalized spacial score (nSPS) is 10.6. The summed E-state index contributed by atoms with van der Waals surface area (Å²) < 4.78 is 0. The van der Waals surface area contributed by atoms with Crippen molar-refractivity contribution in [2.24, 2.45) is 0 Å². The molecular formula is C16H14ClN3S. The van der Waals surface area contributed by atoms with Gasteiger partial charge in [-0.05, 0) is 18.6 Å². The van der Waals surface area contributed by atoms with Crippen molar-refractivity contribution in [2.75, 3.05) is 5.32 Å². The van der Waals surface area contributed by atoms with E-state index in [1.165, 1.54) is 0 Å². The Balaban J connectivity index is 1.72. The van der Waals surface area contributed by atoms with Gasteiger partial charge in [-0.3, -0.25) is 0 Å². The van der Waals surface area contributed by atoms with E-state index in [0.29, 0.717) is 11.7 Å². The van der Waals surface area contributed by atoms with Crippen molar-refractivity contribution >= 4 is 28.6 Å². The quantitative estimate of drug-likeness (QED) is 0.704. The zero-order chi connectivity index (χ0) is 14.7. The average molecular weight is 316 g/mol. The number of halogens is 1. The number of pyridine rings is 1. The third-order valence-electron chi connectivity index (χ3n) is 3.03. The van der Waals surface area contributed by atoms with Gasteiger partial charge < -0.3 is 5.32 Å². The van der Waals surface area contributed by atoms with Crippen LogP contribution in [0, 0.1) is 6.92 Å². The lowest BCUT2D eigenvalue weighted by atomic mass is 10.2. The number of nitrogens with one attached hydrogen (secondary N) is 1. The first-order valence-corrected chi connectivity index (χ1v) is 7.84. The molecule has 5 heteroatoms. The van der Waals surface area contributed by atoms with Gasteiger partial charge >= 0.3 is 0 Å². The van der Waals surface area contributed by atoms with Crippen LogP contribution >= 0.6 is 22.9 Å². The van der Waals surface area contributed by atoms with Crippen molar-refractivity contribution in [3.05, 3.63) is 63.7 Å². The van der Waals surface area contributed by atoms with Gasteiger partial charge in [-0.25, -0.2) is 9.97 Å². The van der Waals surface area contributed by atoms with Crippen LogP contribution < -0.4 is 5.32 Å². The van der Waals surface area contributed by atoms with Crippen LogP contribution in [0.3, 0.4) is 0 Å². The molecule has 0 saturated carbocycles. The average Bonchev–Trinajstić information content (AvgIpc) is 2.98. The van der Waals surface area contributed by atoms with E-state index in [9.17, 15) is 0 Å². The Morgan fingerprint density at radius 3 is 2.86 bits per heavy atom. The molecule has 0 saturated heterocycles. The minimum Gasteiger partial charge on any atom is -0.376 e. The summed E-state index contributed by atoms with van der Waals surface area (Å²) in [5.74, 6) is 0. The Kier molecular flexibility index (Phi) is 4.18. The van der Waals surface area contributed by atoms with E-state index in [1.54, 1.807) is 17.5 Å². The highest BCUT2D eigenvalue weighted by atomic mass is 35.5. The molecule has 2 aromatic heterocycles. The zero-order valence-electron chi connectivity index (χ0n) is 11.5. The fraction of sp³-hybridized carbons (Fsp3) is 0.125. The summed E-state index contributed by atoms with van der Waals surface area (Å²) in [6.45, 7) is 2.63. The van der Waals surface area contributed by atoms with Crippen molar-refractivity contribution in [3.63, 3.8) is 0 Å². The van der Waals surface area contributed by atoms with Gasteiger partial charge in [-0.15, -0.1) is 11.3 Å². The molecule has 0 bridgehead atoms. The molecule has 0 atom stereocenters. The van der Waals surface area contributed by atoms with Gasteiger partial charge in [0, 0.05) is 17.1 Å². The Morgan fingerprint density at radius 2 is 2.05 bits per heavy atom. The van der Waals surface area contributed by atoms with E-state index in [0.717, 1.165) is 27.5 Å². The number of anilines is 1. The first kappa shape index (κ1) is 14.0. The number of benzene rings is 1. The van der Waals surface area contributed by atoms with Crippen molar-refractivity contribution in [1.29, 1.82) is 0 Å². The fourth-order valence-electron chi connectivity index (χ4n) is 1.98. The van der Waals surface area contributed by atoms with E-state index in [-0.39, 0.29) is 0 Å². The standard InChI is InChI=1S/C16H14ClN3S/c1-11-7-13(16(17)19-8-11)18-9-15-20-14(10-21-15)12-5-3-2-4-6-12/h2-8,10,18H,9H2,1H3. The third-order valence-corrected chi connectivity index (χ3v) is 4.18. The van der Waals surface area contributed by atoms with Crippen LogP contribution in [0.4, 0.5) is 5.69 Å². The number of nitrogens with zero attached hydrogens (tertiary/aromatic N) is 2. The lowest BCUT2D eigenvalue weighted by Gasteiger charge is -2.06. The van der Waals surface area contributed by atoms with E-state index in [4.69, 9.17) is 11.6 Å². The molecule has 0 spiro atoms. The predicted octanol–water partition coefficient (Wildman–Crippen LogP) is 4.78. The summed E-state index contributed by atoms with van der Waals surface area (Å²) in [6, 6.07) is 12.2. The SMILES string of the molecule is Cc1cnc(Cl)c(NCc2nc(-c3ccccc3)cs2)c1. The molecule has 2 heterocycles. The Morgan fingerprint density at radius 1 is 1.24 bits per heavy atom. The summed E-state index contributed by atoms with van der Waals surface area (Å²) >= 11 is 7.71. The van der Waals surface area contributed by atoms with Gasteiger partial charge in [0.25, 0.3) is 0 Å². The van der Waals surface area contributed by atoms with Gasteiger partial charge in [0.05, 0.1) is 17.9 Å². The molecule has 0 radical (unpaired) electrons. The molecule has 0 fully saturated rings. The van der Waals surface area contributed by atoms with E-state index in [1.807, 2.05) is 31.2 Å². The predicted molar refractivity (Wildman–Crippen MR) is 88.9 cm³/mol. The zero-order valence-corrected chi connectivity index (χ0v) is 13.1. The van der Waals surface area contributed by atoms with Crippen LogP contribution in [0.1, 0.15) is 10.6 Å². The van der Waals surface area contributed by atoms with Crippen LogP contribution in [0.2, 0.25) is 5.15 Å². The maximum atomic E-state index is 6.07. The van der Waals surface area contributed by atoms with Gasteiger partial charge in [-0.2, -0.15) is 0 Å². The van der Waals surface area contributed by atoms with Crippen molar-refractivity contribution in [2.45, 2.75) is 13.5 Å². The van der Waals surface area contributed by atoms with Crippen molar-refractivity contribution < 1.29 is 0 Å². The molecule has 3 nitrogen and oxygen atoms in total. The molecule has 3 aromatic rings. The molecule has 0 aliphatic heterocycles. The summed E-state index contributed by atoms with van der Waals surface area (Å²) in [5, 5.41) is 6.87. The topological polar surface area (TPSA) is 37.8 Å². The molecule has 21 heavy (non-hydrogen) atoms. The lowest BCUT2D eigenvalue weighted by Crippen LogP contribution is -2.00. The number of rotatable bonds is 4. The van der Waals surface area contributed by atoms with Crippen LogP contribution in [0.5, 0.6) is 0 Å². The number of aryl methyl sites for hydroxylation is 1. The Hall–Kier alpha value is -1.91. The first-order chi connectivity index (χ1) is 10.2. The second-order valence-corrected chi connectivity index (χ2v) is 6.00. The summed E-state index contributed by atoms with van der Waals surface area (Å²) in [7, 11) is 0. The monoisotopic (exact) mass is 315 g/mol. The first-order valence-electron chi connectivity index (χ1n) is 6.58. The highest BCUT2D eigenvalue weighted by Crippen LogP contribution is 2.24. The van der Waals surface area contributed by atoms with Gasteiger partial charge in [-0.1, -0.05) is 41.9 Å². The Labute approximate surface area is 132 Å². The third kappa shape index (κ3) is 3.40. The lowest BCUT2D eigenvalue weighted by molar-refractivity contribution is 1.09. The van der Waals surface area contributed by atoms with E-state index < -0.39 is 0 Å². The minimum atomic E-state index is 0.487. The smallest absolute Gasteiger partial charge is 0.152 e. The largest absolute Gasteiger partial charge is 0.376 e. The molecule has 0 aliphatic carbocycles. The molecular weight excluding hydrogens is 302 g/mol. The molecule has 0 unspecified atom stereocenters. The van der Waals surface area contributed by atoms with E-state index in [2.05, 4.69) is 32.8 Å².